The zero-order chi connectivity index (χ0) is 13.0. The molecule has 0 bridgehead atoms. The van der Waals surface area contributed by atoms with E-state index in [-0.39, 0.29) is 0 Å². The normalized spacial score (nSPS) is 12.0. The fourth-order valence-corrected chi connectivity index (χ4v) is 1.99. The number of rotatable bonds is 11. The van der Waals surface area contributed by atoms with Crippen molar-refractivity contribution in [3.8, 4) is 0 Å². The molecule has 0 atom stereocenters. The lowest BCUT2D eigenvalue weighted by molar-refractivity contribution is -0.135. The molecule has 0 aliphatic carbocycles. The van der Waals surface area contributed by atoms with E-state index >= 15 is 0 Å². The molecule has 0 amide bonds. The van der Waals surface area contributed by atoms with E-state index in [0.717, 1.165) is 19.3 Å². The Hall–Kier alpha value is -0.210. The smallest absolute Gasteiger partial charge is 0.171 e. The summed E-state index contributed by atoms with van der Waals surface area (Å²) >= 11 is 0. The van der Waals surface area contributed by atoms with Crippen LogP contribution in [-0.4, -0.2) is 6.18 Å². The van der Waals surface area contributed by atoms with Crippen molar-refractivity contribution in [2.24, 2.45) is 0 Å². The molecule has 0 unspecified atom stereocenters. The molecule has 0 heterocycles. The Morgan fingerprint density at radius 1 is 0.588 bits per heavy atom. The molecule has 104 valence electrons. The molecule has 0 aliphatic rings. The molecule has 0 saturated carbocycles. The van der Waals surface area contributed by atoms with E-state index in [1.54, 1.807) is 0 Å². The molecule has 0 fully saturated rings. The summed E-state index contributed by atoms with van der Waals surface area (Å²) in [6, 6.07) is 0. The molecular formula is C14H27F3. The highest BCUT2D eigenvalue weighted by molar-refractivity contribution is 4.52. The van der Waals surface area contributed by atoms with Gasteiger partial charge >= 0.3 is 6.18 Å². The summed E-state index contributed by atoms with van der Waals surface area (Å²) in [5.41, 5.74) is 0. The molecule has 0 aromatic rings. The van der Waals surface area contributed by atoms with Gasteiger partial charge in [0.1, 0.15) is 0 Å². The number of halogens is 3. The van der Waals surface area contributed by atoms with Gasteiger partial charge in [-0.1, -0.05) is 71.1 Å². The fraction of sp³-hybridized carbons (Fsp3) is 1.00. The van der Waals surface area contributed by atoms with Gasteiger partial charge in [-0.05, 0) is 6.42 Å². The van der Waals surface area contributed by atoms with Gasteiger partial charge in [-0.15, -0.1) is 0 Å². The summed E-state index contributed by atoms with van der Waals surface area (Å²) in [6.45, 7) is 2.21. The van der Waals surface area contributed by atoms with Gasteiger partial charge in [0.05, 0.1) is 0 Å². The van der Waals surface area contributed by atoms with E-state index in [0.29, 0.717) is 6.42 Å². The number of alkyl halides is 3. The maximum absolute atomic E-state index is 11.8. The maximum atomic E-state index is 11.8. The number of hydrogen-bond acceptors (Lipinski definition) is 0. The largest absolute Gasteiger partial charge is 0.389 e. The second kappa shape index (κ2) is 10.9. The van der Waals surface area contributed by atoms with Crippen LogP contribution >= 0.6 is 0 Å². The van der Waals surface area contributed by atoms with Crippen LogP contribution in [0.4, 0.5) is 13.2 Å². The summed E-state index contributed by atoms with van der Waals surface area (Å²) in [7, 11) is 0. The van der Waals surface area contributed by atoms with Crippen LogP contribution < -0.4 is 0 Å². The lowest BCUT2D eigenvalue weighted by atomic mass is 10.1. The van der Waals surface area contributed by atoms with Crippen LogP contribution in [-0.2, 0) is 0 Å². The number of unbranched alkanes of at least 4 members (excludes halogenated alkanes) is 10. The van der Waals surface area contributed by atoms with Gasteiger partial charge in [-0.3, -0.25) is 0 Å². The van der Waals surface area contributed by atoms with E-state index < -0.39 is 12.6 Å². The molecule has 0 N–H and O–H groups in total. The van der Waals surface area contributed by atoms with Crippen molar-refractivity contribution in [2.75, 3.05) is 0 Å². The number of hydrogen-bond donors (Lipinski definition) is 0. The monoisotopic (exact) mass is 252 g/mol. The first-order valence-corrected chi connectivity index (χ1v) is 7.13. The average molecular weight is 252 g/mol. The third-order valence-electron chi connectivity index (χ3n) is 3.06. The van der Waals surface area contributed by atoms with Crippen molar-refractivity contribution in [1.82, 2.24) is 0 Å². The first-order chi connectivity index (χ1) is 8.06. The zero-order valence-corrected chi connectivity index (χ0v) is 11.1. The predicted octanol–water partition coefficient (Wildman–Crippen LogP) is 6.25. The molecule has 0 spiro atoms. The van der Waals surface area contributed by atoms with Crippen molar-refractivity contribution in [1.29, 1.82) is 0 Å². The molecule has 0 rings (SSSR count). The minimum Gasteiger partial charge on any atom is -0.171 e. The minimum atomic E-state index is -3.96. The highest BCUT2D eigenvalue weighted by Crippen LogP contribution is 2.23. The van der Waals surface area contributed by atoms with Gasteiger partial charge in [0.25, 0.3) is 0 Å². The van der Waals surface area contributed by atoms with Crippen molar-refractivity contribution < 1.29 is 13.2 Å². The highest BCUT2D eigenvalue weighted by Gasteiger charge is 2.25. The molecule has 17 heavy (non-hydrogen) atoms. The van der Waals surface area contributed by atoms with Crippen molar-refractivity contribution in [2.45, 2.75) is 90.1 Å². The van der Waals surface area contributed by atoms with E-state index in [1.807, 2.05) is 0 Å². The van der Waals surface area contributed by atoms with Gasteiger partial charge in [0.15, 0.2) is 0 Å². The van der Waals surface area contributed by atoms with Crippen LogP contribution in [0.25, 0.3) is 0 Å². The molecule has 0 aromatic carbocycles. The summed E-state index contributed by atoms with van der Waals surface area (Å²) in [5, 5.41) is 0. The standard InChI is InChI=1S/C14H27F3/c1-2-3-4-5-6-7-8-9-10-11-12-13-14(15,16)17/h2-13H2,1H3. The van der Waals surface area contributed by atoms with Crippen LogP contribution in [0.1, 0.15) is 84.0 Å². The summed E-state index contributed by atoms with van der Waals surface area (Å²) < 4.78 is 35.5. The Kier molecular flexibility index (Phi) is 10.8. The Labute approximate surface area is 104 Å². The molecule has 0 saturated heterocycles. The van der Waals surface area contributed by atoms with Crippen molar-refractivity contribution in [3.63, 3.8) is 0 Å². The van der Waals surface area contributed by atoms with E-state index in [1.165, 1.54) is 44.9 Å². The van der Waals surface area contributed by atoms with E-state index in [2.05, 4.69) is 6.92 Å². The van der Waals surface area contributed by atoms with Crippen LogP contribution in [0.3, 0.4) is 0 Å². The van der Waals surface area contributed by atoms with Crippen LogP contribution in [0.15, 0.2) is 0 Å². The second-order valence-corrected chi connectivity index (χ2v) is 4.90. The third-order valence-corrected chi connectivity index (χ3v) is 3.06. The van der Waals surface area contributed by atoms with Gasteiger partial charge in [0, 0.05) is 6.42 Å². The van der Waals surface area contributed by atoms with Crippen LogP contribution in [0.2, 0.25) is 0 Å². The highest BCUT2D eigenvalue weighted by atomic mass is 19.4. The Morgan fingerprint density at radius 3 is 1.29 bits per heavy atom. The van der Waals surface area contributed by atoms with Gasteiger partial charge in [0.2, 0.25) is 0 Å². The van der Waals surface area contributed by atoms with Crippen LogP contribution in [0.5, 0.6) is 0 Å². The first-order valence-electron chi connectivity index (χ1n) is 7.13. The molecule has 3 heteroatoms. The lowest BCUT2D eigenvalue weighted by Gasteiger charge is -2.05. The lowest BCUT2D eigenvalue weighted by Crippen LogP contribution is -2.06. The van der Waals surface area contributed by atoms with Crippen LogP contribution in [0, 0.1) is 0 Å². The quantitative estimate of drug-likeness (QED) is 0.381. The topological polar surface area (TPSA) is 0 Å². The molecule has 0 aromatic heterocycles. The van der Waals surface area contributed by atoms with Gasteiger partial charge in [-0.25, -0.2) is 0 Å². The molecule has 0 aliphatic heterocycles. The minimum absolute atomic E-state index is 0.306. The predicted molar refractivity (Wildman–Crippen MR) is 67.1 cm³/mol. The maximum Gasteiger partial charge on any atom is 0.389 e. The Morgan fingerprint density at radius 2 is 0.941 bits per heavy atom. The Balaban J connectivity index is 2.99. The summed E-state index contributed by atoms with van der Waals surface area (Å²) in [6.07, 6.45) is 7.54. The molecule has 0 radical (unpaired) electrons. The second-order valence-electron chi connectivity index (χ2n) is 4.90. The third kappa shape index (κ3) is 15.8. The van der Waals surface area contributed by atoms with Crippen molar-refractivity contribution in [3.05, 3.63) is 0 Å². The van der Waals surface area contributed by atoms with Gasteiger partial charge in [-0.2, -0.15) is 13.2 Å². The molecule has 0 nitrogen and oxygen atoms in total. The van der Waals surface area contributed by atoms with Crippen molar-refractivity contribution >= 4 is 0 Å². The Bertz CT molecular complexity index is 152. The average Bonchev–Trinajstić information content (AvgIpc) is 2.24. The zero-order valence-electron chi connectivity index (χ0n) is 11.1. The molecular weight excluding hydrogens is 225 g/mol. The first kappa shape index (κ1) is 16.8. The fourth-order valence-electron chi connectivity index (χ4n) is 1.99. The SMILES string of the molecule is CCCCCCCCCCCCCC(F)(F)F. The van der Waals surface area contributed by atoms with E-state index in [4.69, 9.17) is 0 Å². The summed E-state index contributed by atoms with van der Waals surface area (Å²) in [4.78, 5) is 0. The van der Waals surface area contributed by atoms with Gasteiger partial charge < -0.3 is 0 Å². The van der Waals surface area contributed by atoms with E-state index in [9.17, 15) is 13.2 Å². The summed E-state index contributed by atoms with van der Waals surface area (Å²) in [5.74, 6) is 0.